The summed E-state index contributed by atoms with van der Waals surface area (Å²) in [6.45, 7) is 17.3. The Hall–Kier alpha value is -1.43. The van der Waals surface area contributed by atoms with Crippen LogP contribution in [-0.4, -0.2) is 287 Å². The summed E-state index contributed by atoms with van der Waals surface area (Å²) in [4.78, 5) is 0. The number of ether oxygens (including phenoxy) is 12. The maximum atomic E-state index is 12.7. The van der Waals surface area contributed by atoms with Crippen LogP contribution in [0.4, 0.5) is 0 Å². The Morgan fingerprint density at radius 1 is 0.548 bits per heavy atom. The van der Waals surface area contributed by atoms with Gasteiger partial charge in [0.05, 0.1) is 54.9 Å². The summed E-state index contributed by atoms with van der Waals surface area (Å²) in [5, 5.41) is 159. The van der Waals surface area contributed by atoms with Crippen LogP contribution in [-0.2, 0) is 71.4 Å². The fourth-order valence-corrected chi connectivity index (χ4v) is 17.7. The molecule has 6 heterocycles. The molecule has 0 radical (unpaired) electrons. The van der Waals surface area contributed by atoms with Crippen LogP contribution >= 0.6 is 0 Å². The molecular formula is C62H104O30S. The predicted molar refractivity (Wildman–Crippen MR) is 315 cm³/mol. The lowest BCUT2D eigenvalue weighted by atomic mass is 9.47. The number of aliphatic hydroxyl groups excluding tert-OH is 13. The molecular weight excluding hydrogens is 1260 g/mol. The first-order valence-electron chi connectivity index (χ1n) is 33.2. The third kappa shape index (κ3) is 14.9. The van der Waals surface area contributed by atoms with E-state index < -0.39 is 224 Å². The second-order valence-electron chi connectivity index (χ2n) is 29.4. The first-order valence-corrected chi connectivity index (χ1v) is 34.6. The van der Waals surface area contributed by atoms with Crippen LogP contribution in [0.15, 0.2) is 11.6 Å². The fraction of sp³-hybridized carbons (Fsp3) is 0.968. The van der Waals surface area contributed by atoms with Gasteiger partial charge in [-0.15, -0.1) is 0 Å². The molecule has 6 aliphatic heterocycles. The van der Waals surface area contributed by atoms with Crippen LogP contribution in [0.2, 0.25) is 0 Å². The summed E-state index contributed by atoms with van der Waals surface area (Å²) >= 11 is 0. The Balaban J connectivity index is 0.927. The number of allylic oxidation sites excluding steroid dienone is 2. The maximum absolute atomic E-state index is 12.7. The molecule has 9 fully saturated rings. The van der Waals surface area contributed by atoms with Gasteiger partial charge in [-0.05, 0) is 133 Å². The number of aliphatic hydroxyl groups is 14. The van der Waals surface area contributed by atoms with Crippen molar-refractivity contribution in [1.82, 2.24) is 0 Å². The zero-order valence-electron chi connectivity index (χ0n) is 54.4. The second-order valence-corrected chi connectivity index (χ2v) is 30.5. The molecule has 0 unspecified atom stereocenters. The van der Waals surface area contributed by atoms with Gasteiger partial charge in [0.15, 0.2) is 37.7 Å². The van der Waals surface area contributed by atoms with Crippen molar-refractivity contribution in [3.8, 4) is 0 Å². The van der Waals surface area contributed by atoms with Crippen LogP contribution in [0.25, 0.3) is 0 Å². The van der Waals surface area contributed by atoms with E-state index in [1.54, 1.807) is 0 Å². The van der Waals surface area contributed by atoms with Crippen LogP contribution in [0.5, 0.6) is 0 Å². The van der Waals surface area contributed by atoms with E-state index in [2.05, 4.69) is 33.8 Å². The molecule has 0 aromatic heterocycles. The van der Waals surface area contributed by atoms with E-state index in [4.69, 9.17) is 61.0 Å². The summed E-state index contributed by atoms with van der Waals surface area (Å²) in [5.41, 5.74) is -0.647. The lowest BCUT2D eigenvalue weighted by molar-refractivity contribution is -0.410. The molecule has 0 bridgehead atoms. The average molecular weight is 1360 g/mol. The van der Waals surface area contributed by atoms with Crippen LogP contribution in [0, 0.1) is 40.4 Å². The molecule has 93 heavy (non-hydrogen) atoms. The van der Waals surface area contributed by atoms with E-state index in [0.717, 1.165) is 32.1 Å². The van der Waals surface area contributed by atoms with Gasteiger partial charge < -0.3 is 128 Å². The predicted octanol–water partition coefficient (Wildman–Crippen LogP) is -1.98. The van der Waals surface area contributed by atoms with E-state index in [1.807, 2.05) is 6.92 Å². The van der Waals surface area contributed by atoms with Gasteiger partial charge in [-0.25, -0.2) is 4.18 Å². The van der Waals surface area contributed by atoms with E-state index in [9.17, 15) is 84.5 Å². The molecule has 38 atom stereocenters. The summed E-state index contributed by atoms with van der Waals surface area (Å²) < 4.78 is 114. The highest BCUT2D eigenvalue weighted by Gasteiger charge is 2.64. The molecule has 4 aliphatic carbocycles. The summed E-state index contributed by atoms with van der Waals surface area (Å²) in [7, 11) is -4.88. The molecule has 30 nitrogen and oxygen atoms in total. The number of hydrogen-bond donors (Lipinski definition) is 15. The number of rotatable bonds is 19. The quantitative estimate of drug-likeness (QED) is 0.0492. The summed E-state index contributed by atoms with van der Waals surface area (Å²) in [5.74, 6) is 0.0110. The zero-order chi connectivity index (χ0) is 68.0. The van der Waals surface area contributed by atoms with Crippen molar-refractivity contribution in [1.29, 1.82) is 0 Å². The van der Waals surface area contributed by atoms with E-state index in [-0.39, 0.29) is 36.0 Å². The third-order valence-electron chi connectivity index (χ3n) is 22.6. The zero-order valence-corrected chi connectivity index (χ0v) is 55.2. The lowest BCUT2D eigenvalue weighted by Crippen LogP contribution is -2.68. The molecule has 3 saturated carbocycles. The van der Waals surface area contributed by atoms with E-state index in [1.165, 1.54) is 40.2 Å². The van der Waals surface area contributed by atoms with Crippen molar-refractivity contribution in [2.45, 2.75) is 329 Å². The van der Waals surface area contributed by atoms with Crippen LogP contribution < -0.4 is 0 Å². The van der Waals surface area contributed by atoms with Crippen LogP contribution in [0.3, 0.4) is 0 Å². The van der Waals surface area contributed by atoms with Crippen molar-refractivity contribution in [2.24, 2.45) is 40.4 Å². The molecule has 10 rings (SSSR count). The standard InChI is InChI=1S/C62H104O30S/c1-23(2)12-11-17-62(10,76)36-14-13-31-30-21-35(33-20-29(92-93(77,78)79)15-18-60(33,8)32(30)16-19-61(31,36)9)86-57-48(75)51(39(66)26(5)83-57)89-59-53(91-56-45(72)42(69)38(65)25(4)82-56)47(74)50(28(7)85-59)88-58-52(90-55-44(71)41(68)37(64)24(3)81-55)46(73)49(27(6)84-58)87-54-43(70)40(67)34(63)22-80-54/h16,23-31,33-59,63-76H,11-15,17-22H2,1-10H3,(H,77,78,79)/t24-,25-,26-,27-,28-,29+,30+,31+,33-,34+,35+,36+,37+,38-,39-,40+,41+,42+,43-,44-,45-,46+,47+,48-,49-,50-,51+,52-,53-,54+,55+,56+,57+,58+,59+,60-,61+,62-/m1/s1. The highest BCUT2D eigenvalue weighted by Crippen LogP contribution is 2.67. The van der Waals surface area contributed by atoms with Crippen LogP contribution in [0.1, 0.15) is 133 Å². The first-order chi connectivity index (χ1) is 43.5. The fourth-order valence-electron chi connectivity index (χ4n) is 17.2. The molecule has 15 N–H and O–H groups in total. The second kappa shape index (κ2) is 28.9. The van der Waals surface area contributed by atoms with E-state index >= 15 is 0 Å². The first kappa shape index (κ1) is 74.3. The monoisotopic (exact) mass is 1360 g/mol. The minimum Gasteiger partial charge on any atom is -0.390 e. The highest BCUT2D eigenvalue weighted by molar-refractivity contribution is 7.80. The van der Waals surface area contributed by atoms with Crippen molar-refractivity contribution in [2.75, 3.05) is 6.61 Å². The van der Waals surface area contributed by atoms with Gasteiger partial charge in [-0.1, -0.05) is 52.2 Å². The van der Waals surface area contributed by atoms with Crippen molar-refractivity contribution < 1.29 is 145 Å². The van der Waals surface area contributed by atoms with Crippen molar-refractivity contribution >= 4 is 10.4 Å². The Kier molecular flexibility index (Phi) is 23.1. The van der Waals surface area contributed by atoms with Gasteiger partial charge in [0, 0.05) is 0 Å². The number of hydrogen-bond acceptors (Lipinski definition) is 29. The smallest absolute Gasteiger partial charge is 0.390 e. The minimum atomic E-state index is -4.88. The molecule has 10 aliphatic rings. The average Bonchev–Trinajstić information content (AvgIpc) is 1.68. The molecule has 538 valence electrons. The van der Waals surface area contributed by atoms with Crippen molar-refractivity contribution in [3.63, 3.8) is 0 Å². The molecule has 0 spiro atoms. The highest BCUT2D eigenvalue weighted by atomic mass is 32.3. The normalized spacial score (nSPS) is 52.9. The third-order valence-corrected chi connectivity index (χ3v) is 23.1. The molecule has 31 heteroatoms. The van der Waals surface area contributed by atoms with Gasteiger partial charge in [0.2, 0.25) is 0 Å². The molecule has 0 aromatic carbocycles. The Labute approximate surface area is 542 Å². The number of fused-ring (bicyclic) bond motifs is 5. The maximum Gasteiger partial charge on any atom is 0.397 e. The SMILES string of the molecule is CC(C)CCC[C@@](C)(O)[C@H]1CC[C@H]2[C@@H]3C[C@H](O[C@@H]4O[C@H](C)[C@@H](O)[C@H](O[C@@H]5O[C@H](C)[C@@H](O[C@@H]6O[C@H](C)[C@@H](O[C@@H]7OC[C@H](O)[C@H](O)[C@H]7O)[C@H](O)[C@H]6O[C@@H]6O[C@H](C)[C@H](O)[C@H](O)[C@H]6O)[C@H](O)[C@H]5O[C@@H]5O[C@H](C)[C@@H](O)[C@H](O)[C@H]5O)[C@H]4O)[C@H]4C[C@@H](OS(=O)(=O)O)CC[C@]4(C)C3=CC[C@@]21C. The van der Waals surface area contributed by atoms with Gasteiger partial charge in [-0.2, -0.15) is 8.42 Å². The minimum absolute atomic E-state index is 0.0181. The van der Waals surface area contributed by atoms with Gasteiger partial charge >= 0.3 is 10.4 Å². The van der Waals surface area contributed by atoms with Gasteiger partial charge in [0.1, 0.15) is 110 Å². The summed E-state index contributed by atoms with van der Waals surface area (Å²) in [6.07, 6.45) is -42.0. The molecule has 0 aromatic rings. The largest absolute Gasteiger partial charge is 0.397 e. The Morgan fingerprint density at radius 2 is 1.03 bits per heavy atom. The summed E-state index contributed by atoms with van der Waals surface area (Å²) in [6, 6.07) is 0. The Morgan fingerprint density at radius 3 is 1.57 bits per heavy atom. The molecule has 0 amide bonds. The Bertz CT molecular complexity index is 2630. The van der Waals surface area contributed by atoms with E-state index in [0.29, 0.717) is 25.2 Å². The topological polar surface area (TPSA) is 458 Å². The van der Waals surface area contributed by atoms with Gasteiger partial charge in [0.25, 0.3) is 0 Å². The van der Waals surface area contributed by atoms with Gasteiger partial charge in [-0.3, -0.25) is 4.55 Å². The van der Waals surface area contributed by atoms with Crippen molar-refractivity contribution in [3.05, 3.63) is 11.6 Å². The lowest BCUT2D eigenvalue weighted by Gasteiger charge is -2.60. The molecule has 6 saturated heterocycles.